The van der Waals surface area contributed by atoms with E-state index in [1.807, 2.05) is 7.11 Å². The van der Waals surface area contributed by atoms with Gasteiger partial charge in [0.05, 0.1) is 0 Å². The van der Waals surface area contributed by atoms with Crippen molar-refractivity contribution in [3.05, 3.63) is 23.5 Å². The molecular weight excluding hydrogens is 176 g/mol. The van der Waals surface area contributed by atoms with Crippen molar-refractivity contribution in [1.29, 1.82) is 0 Å². The first-order chi connectivity index (χ1) is 6.77. The summed E-state index contributed by atoms with van der Waals surface area (Å²) in [7, 11) is 1.81. The minimum Gasteiger partial charge on any atom is -0.372 e. The van der Waals surface area contributed by atoms with Crippen LogP contribution in [0.5, 0.6) is 0 Å². The first-order valence-corrected chi connectivity index (χ1v) is 5.19. The predicted molar refractivity (Wildman–Crippen MR) is 56.3 cm³/mol. The maximum atomic E-state index is 5.71. The molecule has 2 N–H and O–H groups in total. The molecule has 2 rings (SSSR count). The zero-order valence-electron chi connectivity index (χ0n) is 8.89. The molecule has 1 aromatic rings. The minimum absolute atomic E-state index is 0.0838. The molecule has 1 aromatic heterocycles. The van der Waals surface area contributed by atoms with Gasteiger partial charge in [0.1, 0.15) is 5.60 Å². The third-order valence-electron chi connectivity index (χ3n) is 3.12. The lowest BCUT2D eigenvalue weighted by atomic mass is 9.89. The lowest BCUT2D eigenvalue weighted by molar-refractivity contribution is -0.0422. The van der Waals surface area contributed by atoms with Crippen LogP contribution < -0.4 is 5.32 Å². The average molecular weight is 194 g/mol. The van der Waals surface area contributed by atoms with E-state index in [2.05, 4.69) is 29.4 Å². The van der Waals surface area contributed by atoms with Crippen LogP contribution in [0.4, 0.5) is 0 Å². The third kappa shape index (κ3) is 1.57. The molecule has 0 atom stereocenters. The van der Waals surface area contributed by atoms with Gasteiger partial charge in [-0.15, -0.1) is 0 Å². The van der Waals surface area contributed by atoms with Crippen LogP contribution in [0, 0.1) is 6.92 Å². The van der Waals surface area contributed by atoms with E-state index in [-0.39, 0.29) is 5.60 Å². The maximum Gasteiger partial charge on any atom is 0.110 e. The Balaban J connectivity index is 2.26. The Kier molecular flexibility index (Phi) is 2.61. The van der Waals surface area contributed by atoms with Gasteiger partial charge in [0.2, 0.25) is 0 Å². The molecular formula is C11H18N2O. The smallest absolute Gasteiger partial charge is 0.110 e. The van der Waals surface area contributed by atoms with Gasteiger partial charge in [0, 0.05) is 18.5 Å². The first-order valence-electron chi connectivity index (χ1n) is 5.19. The number of hydrogen-bond acceptors (Lipinski definition) is 2. The van der Waals surface area contributed by atoms with Crippen molar-refractivity contribution in [2.75, 3.05) is 20.2 Å². The quantitative estimate of drug-likeness (QED) is 0.749. The van der Waals surface area contributed by atoms with Gasteiger partial charge in [-0.3, -0.25) is 0 Å². The molecule has 1 fully saturated rings. The van der Waals surface area contributed by atoms with Gasteiger partial charge in [0.25, 0.3) is 0 Å². The number of hydrogen-bond donors (Lipinski definition) is 2. The van der Waals surface area contributed by atoms with Crippen LogP contribution in [0.15, 0.2) is 12.1 Å². The second kappa shape index (κ2) is 3.75. The fourth-order valence-corrected chi connectivity index (χ4v) is 2.18. The van der Waals surface area contributed by atoms with E-state index in [9.17, 15) is 0 Å². The summed E-state index contributed by atoms with van der Waals surface area (Å²) in [5.41, 5.74) is 2.34. The van der Waals surface area contributed by atoms with Crippen molar-refractivity contribution >= 4 is 0 Å². The van der Waals surface area contributed by atoms with Crippen molar-refractivity contribution in [1.82, 2.24) is 10.3 Å². The molecule has 3 nitrogen and oxygen atoms in total. The summed E-state index contributed by atoms with van der Waals surface area (Å²) in [6.07, 6.45) is 2.09. The van der Waals surface area contributed by atoms with Crippen molar-refractivity contribution in [3.63, 3.8) is 0 Å². The summed E-state index contributed by atoms with van der Waals surface area (Å²) in [4.78, 5) is 3.38. The van der Waals surface area contributed by atoms with E-state index in [1.165, 1.54) is 11.4 Å². The number of piperidine rings is 1. The Morgan fingerprint density at radius 2 is 2.00 bits per heavy atom. The fourth-order valence-electron chi connectivity index (χ4n) is 2.18. The fraction of sp³-hybridized carbons (Fsp3) is 0.636. The van der Waals surface area contributed by atoms with Crippen LogP contribution >= 0.6 is 0 Å². The highest BCUT2D eigenvalue weighted by molar-refractivity contribution is 5.19. The number of ether oxygens (including phenoxy) is 1. The molecule has 3 heteroatoms. The molecule has 0 aliphatic carbocycles. The summed E-state index contributed by atoms with van der Waals surface area (Å²) in [5, 5.41) is 3.36. The SMILES string of the molecule is COC1(c2ccc(C)[nH]2)CCNCC1. The summed E-state index contributed by atoms with van der Waals surface area (Å²) in [5.74, 6) is 0. The molecule has 0 unspecified atom stereocenters. The Labute approximate surface area is 84.9 Å². The number of H-pyrrole nitrogens is 1. The number of methoxy groups -OCH3 is 1. The van der Waals surface area contributed by atoms with Crippen LogP contribution in [-0.4, -0.2) is 25.2 Å². The Hall–Kier alpha value is -0.800. The second-order valence-electron chi connectivity index (χ2n) is 4.00. The molecule has 78 valence electrons. The van der Waals surface area contributed by atoms with E-state index in [0.717, 1.165) is 25.9 Å². The molecule has 0 aromatic carbocycles. The number of rotatable bonds is 2. The normalized spacial score (nSPS) is 21.0. The molecule has 2 heterocycles. The zero-order chi connectivity index (χ0) is 10.0. The molecule has 0 saturated carbocycles. The van der Waals surface area contributed by atoms with E-state index in [1.54, 1.807) is 0 Å². The summed E-state index contributed by atoms with van der Waals surface area (Å²) < 4.78 is 5.71. The van der Waals surface area contributed by atoms with E-state index >= 15 is 0 Å². The molecule has 0 amide bonds. The molecule has 1 aliphatic rings. The number of aryl methyl sites for hydroxylation is 1. The standard InChI is InChI=1S/C11H18N2O/c1-9-3-4-10(13-9)11(14-2)5-7-12-8-6-11/h3-4,12-13H,5-8H2,1-2H3. The Bertz CT molecular complexity index is 300. The monoisotopic (exact) mass is 194 g/mol. The highest BCUT2D eigenvalue weighted by Crippen LogP contribution is 2.33. The average Bonchev–Trinajstić information content (AvgIpc) is 2.66. The van der Waals surface area contributed by atoms with Gasteiger partial charge in [-0.2, -0.15) is 0 Å². The minimum atomic E-state index is -0.0838. The van der Waals surface area contributed by atoms with Gasteiger partial charge in [-0.05, 0) is 45.0 Å². The van der Waals surface area contributed by atoms with Crippen molar-refractivity contribution in [2.45, 2.75) is 25.4 Å². The van der Waals surface area contributed by atoms with Crippen LogP contribution in [0.25, 0.3) is 0 Å². The van der Waals surface area contributed by atoms with Crippen LogP contribution in [0.1, 0.15) is 24.2 Å². The predicted octanol–water partition coefficient (Wildman–Crippen LogP) is 1.55. The topological polar surface area (TPSA) is 37.0 Å². The molecule has 1 saturated heterocycles. The van der Waals surface area contributed by atoms with Gasteiger partial charge >= 0.3 is 0 Å². The van der Waals surface area contributed by atoms with Gasteiger partial charge in [-0.25, -0.2) is 0 Å². The van der Waals surface area contributed by atoms with Gasteiger partial charge < -0.3 is 15.0 Å². The first kappa shape index (κ1) is 9.74. The van der Waals surface area contributed by atoms with Crippen LogP contribution in [0.3, 0.4) is 0 Å². The highest BCUT2D eigenvalue weighted by Gasteiger charge is 2.34. The summed E-state index contributed by atoms with van der Waals surface area (Å²) in [6.45, 7) is 4.14. The molecule has 1 aliphatic heterocycles. The largest absolute Gasteiger partial charge is 0.372 e. The second-order valence-corrected chi connectivity index (χ2v) is 4.00. The van der Waals surface area contributed by atoms with Gasteiger partial charge in [0.15, 0.2) is 0 Å². The van der Waals surface area contributed by atoms with E-state index < -0.39 is 0 Å². The van der Waals surface area contributed by atoms with Crippen molar-refractivity contribution < 1.29 is 4.74 Å². The Morgan fingerprint density at radius 1 is 1.29 bits per heavy atom. The number of nitrogens with one attached hydrogen (secondary N) is 2. The van der Waals surface area contributed by atoms with E-state index in [4.69, 9.17) is 4.74 Å². The molecule has 0 radical (unpaired) electrons. The lowest BCUT2D eigenvalue weighted by Crippen LogP contribution is -2.41. The number of aromatic amines is 1. The summed E-state index contributed by atoms with van der Waals surface area (Å²) in [6, 6.07) is 4.25. The lowest BCUT2D eigenvalue weighted by Gasteiger charge is -2.35. The van der Waals surface area contributed by atoms with Crippen molar-refractivity contribution in [3.8, 4) is 0 Å². The third-order valence-corrected chi connectivity index (χ3v) is 3.12. The van der Waals surface area contributed by atoms with Crippen LogP contribution in [0.2, 0.25) is 0 Å². The Morgan fingerprint density at radius 3 is 2.50 bits per heavy atom. The maximum absolute atomic E-state index is 5.71. The van der Waals surface area contributed by atoms with Gasteiger partial charge in [-0.1, -0.05) is 0 Å². The molecule has 0 bridgehead atoms. The van der Waals surface area contributed by atoms with E-state index in [0.29, 0.717) is 0 Å². The van der Waals surface area contributed by atoms with Crippen molar-refractivity contribution in [2.24, 2.45) is 0 Å². The number of aromatic nitrogens is 1. The summed E-state index contributed by atoms with van der Waals surface area (Å²) >= 11 is 0. The highest BCUT2D eigenvalue weighted by atomic mass is 16.5. The van der Waals surface area contributed by atoms with Crippen LogP contribution in [-0.2, 0) is 10.3 Å². The zero-order valence-corrected chi connectivity index (χ0v) is 8.89. The molecule has 14 heavy (non-hydrogen) atoms. The molecule has 0 spiro atoms.